The topological polar surface area (TPSA) is 61.8 Å². The van der Waals surface area contributed by atoms with Crippen molar-refractivity contribution in [2.24, 2.45) is 0 Å². The van der Waals surface area contributed by atoms with E-state index in [1.807, 2.05) is 30.3 Å². The van der Waals surface area contributed by atoms with Crippen LogP contribution in [0.2, 0.25) is 0 Å². The number of allylic oxidation sites excluding steroid dienone is 1. The normalized spacial score (nSPS) is 13.8. The molecule has 0 N–H and O–H groups in total. The van der Waals surface area contributed by atoms with E-state index in [-0.39, 0.29) is 11.5 Å². The third-order valence-corrected chi connectivity index (χ3v) is 4.28. The molecular weight excluding hydrogens is 356 g/mol. The summed E-state index contributed by atoms with van der Waals surface area (Å²) >= 11 is 0. The van der Waals surface area contributed by atoms with Crippen LogP contribution >= 0.6 is 0 Å². The molecule has 1 heterocycles. The van der Waals surface area contributed by atoms with Gasteiger partial charge in [0.25, 0.3) is 0 Å². The van der Waals surface area contributed by atoms with Gasteiger partial charge in [0.05, 0.1) is 18.2 Å². The van der Waals surface area contributed by atoms with Gasteiger partial charge in [-0.1, -0.05) is 30.3 Å². The Morgan fingerprint density at radius 3 is 2.36 bits per heavy atom. The molecule has 3 aromatic carbocycles. The second-order valence-electron chi connectivity index (χ2n) is 6.13. The van der Waals surface area contributed by atoms with Gasteiger partial charge in [-0.2, -0.15) is 0 Å². The molecule has 5 nitrogen and oxygen atoms in total. The molecule has 28 heavy (non-hydrogen) atoms. The molecule has 0 aromatic heterocycles. The van der Waals surface area contributed by atoms with Crippen molar-refractivity contribution in [3.05, 3.63) is 95.2 Å². The molecule has 4 rings (SSSR count). The average Bonchev–Trinajstić information content (AvgIpc) is 3.03. The summed E-state index contributed by atoms with van der Waals surface area (Å²) < 4.78 is 16.2. The van der Waals surface area contributed by atoms with Gasteiger partial charge in [-0.05, 0) is 48.0 Å². The number of hydrogen-bond acceptors (Lipinski definition) is 5. The molecule has 0 saturated heterocycles. The summed E-state index contributed by atoms with van der Waals surface area (Å²) in [5, 5.41) is 0. The minimum absolute atomic E-state index is 0.202. The summed E-state index contributed by atoms with van der Waals surface area (Å²) in [5.74, 6) is 0.845. The number of carbonyl (C=O) groups excluding carboxylic acids is 2. The van der Waals surface area contributed by atoms with E-state index in [1.165, 1.54) is 0 Å². The predicted octanol–water partition coefficient (Wildman–Crippen LogP) is 4.53. The number of esters is 1. The number of ether oxygens (including phenoxy) is 3. The minimum atomic E-state index is -0.507. The zero-order valence-electron chi connectivity index (χ0n) is 15.0. The van der Waals surface area contributed by atoms with Gasteiger partial charge in [-0.3, -0.25) is 4.79 Å². The molecule has 0 atom stereocenters. The molecule has 138 valence electrons. The highest BCUT2D eigenvalue weighted by molar-refractivity contribution is 6.14. The molecule has 1 aliphatic heterocycles. The summed E-state index contributed by atoms with van der Waals surface area (Å²) in [4.78, 5) is 24.8. The number of fused-ring (bicyclic) bond motifs is 1. The van der Waals surface area contributed by atoms with Crippen molar-refractivity contribution in [1.29, 1.82) is 0 Å². The van der Waals surface area contributed by atoms with Crippen LogP contribution in [0.25, 0.3) is 6.08 Å². The van der Waals surface area contributed by atoms with Crippen LogP contribution in [0.1, 0.15) is 26.3 Å². The van der Waals surface area contributed by atoms with Crippen LogP contribution in [0.5, 0.6) is 17.2 Å². The van der Waals surface area contributed by atoms with Gasteiger partial charge in [0, 0.05) is 6.07 Å². The minimum Gasteiger partial charge on any atom is -0.497 e. The monoisotopic (exact) mass is 372 g/mol. The van der Waals surface area contributed by atoms with Gasteiger partial charge in [0.1, 0.15) is 17.2 Å². The van der Waals surface area contributed by atoms with Gasteiger partial charge in [0.15, 0.2) is 5.76 Å². The Hall–Kier alpha value is -3.86. The Morgan fingerprint density at radius 1 is 0.929 bits per heavy atom. The highest BCUT2D eigenvalue weighted by atomic mass is 16.5. The lowest BCUT2D eigenvalue weighted by Crippen LogP contribution is -2.08. The zero-order valence-corrected chi connectivity index (χ0v) is 15.0. The molecular formula is C23H16O5. The molecule has 0 spiro atoms. The first kappa shape index (κ1) is 17.5. The maximum absolute atomic E-state index is 12.5. The van der Waals surface area contributed by atoms with Crippen LogP contribution in [0.4, 0.5) is 0 Å². The second-order valence-corrected chi connectivity index (χ2v) is 6.13. The second kappa shape index (κ2) is 7.40. The molecule has 0 amide bonds. The fourth-order valence-electron chi connectivity index (χ4n) is 2.82. The summed E-state index contributed by atoms with van der Waals surface area (Å²) in [7, 11) is 1.56. The van der Waals surface area contributed by atoms with E-state index in [1.54, 1.807) is 55.7 Å². The van der Waals surface area contributed by atoms with Crippen LogP contribution in [-0.4, -0.2) is 18.9 Å². The molecule has 3 aromatic rings. The third kappa shape index (κ3) is 3.50. The van der Waals surface area contributed by atoms with Gasteiger partial charge in [-0.25, -0.2) is 4.79 Å². The first-order chi connectivity index (χ1) is 13.6. The van der Waals surface area contributed by atoms with Crippen molar-refractivity contribution in [2.45, 2.75) is 0 Å². The maximum atomic E-state index is 12.5. The van der Waals surface area contributed by atoms with Crippen molar-refractivity contribution >= 4 is 17.8 Å². The number of rotatable bonds is 4. The molecule has 0 unspecified atom stereocenters. The summed E-state index contributed by atoms with van der Waals surface area (Å²) in [6.45, 7) is 0. The Morgan fingerprint density at radius 2 is 1.64 bits per heavy atom. The van der Waals surface area contributed by atoms with Crippen LogP contribution < -0.4 is 14.2 Å². The molecule has 0 bridgehead atoms. The Bertz CT molecular complexity index is 1070. The van der Waals surface area contributed by atoms with Crippen LogP contribution in [-0.2, 0) is 0 Å². The molecule has 0 radical (unpaired) electrons. The molecule has 5 heteroatoms. The van der Waals surface area contributed by atoms with Crippen LogP contribution in [0, 0.1) is 0 Å². The van der Waals surface area contributed by atoms with E-state index in [2.05, 4.69) is 0 Å². The highest BCUT2D eigenvalue weighted by Gasteiger charge is 2.28. The predicted molar refractivity (Wildman–Crippen MR) is 104 cm³/mol. The fourth-order valence-corrected chi connectivity index (χ4v) is 2.82. The number of carbonyl (C=O) groups is 2. The van der Waals surface area contributed by atoms with Gasteiger partial charge in [-0.15, -0.1) is 0 Å². The Kier molecular flexibility index (Phi) is 4.64. The summed E-state index contributed by atoms with van der Waals surface area (Å²) in [5.41, 5.74) is 1.69. The van der Waals surface area contributed by atoms with Crippen molar-refractivity contribution in [3.8, 4) is 17.2 Å². The molecule has 0 aliphatic carbocycles. The quantitative estimate of drug-likeness (QED) is 0.382. The van der Waals surface area contributed by atoms with Crippen LogP contribution in [0.3, 0.4) is 0 Å². The van der Waals surface area contributed by atoms with E-state index >= 15 is 0 Å². The van der Waals surface area contributed by atoms with E-state index in [9.17, 15) is 9.59 Å². The highest BCUT2D eigenvalue weighted by Crippen LogP contribution is 2.35. The third-order valence-electron chi connectivity index (χ3n) is 4.28. The number of methoxy groups -OCH3 is 1. The number of hydrogen-bond donors (Lipinski definition) is 0. The number of benzene rings is 3. The SMILES string of the molecule is COc1ccc(C(=O)Oc2ccc3c(c2)O/C(=C\c2ccccc2)C3=O)cc1. The number of ketones is 1. The lowest BCUT2D eigenvalue weighted by Gasteiger charge is -2.06. The van der Waals surface area contributed by atoms with Crippen molar-refractivity contribution in [3.63, 3.8) is 0 Å². The lowest BCUT2D eigenvalue weighted by molar-refractivity contribution is 0.0734. The van der Waals surface area contributed by atoms with Gasteiger partial charge < -0.3 is 14.2 Å². The lowest BCUT2D eigenvalue weighted by atomic mass is 10.1. The first-order valence-electron chi connectivity index (χ1n) is 8.63. The largest absolute Gasteiger partial charge is 0.497 e. The standard InChI is InChI=1S/C23H16O5/c1-26-17-9-7-16(8-10-17)23(25)27-18-11-12-19-20(14-18)28-21(22(19)24)13-15-5-3-2-4-6-15/h2-14H,1H3/b21-13-. The molecule has 0 saturated carbocycles. The smallest absolute Gasteiger partial charge is 0.343 e. The van der Waals surface area contributed by atoms with E-state index in [4.69, 9.17) is 14.2 Å². The van der Waals surface area contributed by atoms with Crippen molar-refractivity contribution < 1.29 is 23.8 Å². The fraction of sp³-hybridized carbons (Fsp3) is 0.0435. The van der Waals surface area contributed by atoms with Gasteiger partial charge in [0.2, 0.25) is 5.78 Å². The van der Waals surface area contributed by atoms with Gasteiger partial charge >= 0.3 is 5.97 Å². The maximum Gasteiger partial charge on any atom is 0.343 e. The number of Topliss-reactive ketones (excluding diaryl/α,β-unsaturated/α-hetero) is 1. The molecule has 1 aliphatic rings. The average molecular weight is 372 g/mol. The van der Waals surface area contributed by atoms with E-state index in [0.29, 0.717) is 28.4 Å². The van der Waals surface area contributed by atoms with E-state index < -0.39 is 5.97 Å². The van der Waals surface area contributed by atoms with E-state index in [0.717, 1.165) is 5.56 Å². The summed E-state index contributed by atoms with van der Waals surface area (Å²) in [6.07, 6.45) is 1.69. The Labute approximate surface area is 161 Å². The van der Waals surface area contributed by atoms with Crippen LogP contribution in [0.15, 0.2) is 78.6 Å². The summed E-state index contributed by atoms with van der Waals surface area (Å²) in [6, 6.07) is 20.8. The zero-order chi connectivity index (χ0) is 19.5. The van der Waals surface area contributed by atoms with Crippen molar-refractivity contribution in [1.82, 2.24) is 0 Å². The van der Waals surface area contributed by atoms with Crippen molar-refractivity contribution in [2.75, 3.05) is 7.11 Å². The molecule has 0 fully saturated rings. The Balaban J connectivity index is 1.53. The first-order valence-corrected chi connectivity index (χ1v) is 8.63.